The number of aromatic nitrogens is 1. The maximum Gasteiger partial charge on any atom is 0.255 e. The van der Waals surface area contributed by atoms with Crippen LogP contribution in [0.1, 0.15) is 28.5 Å². The number of carbonyl (C=O) groups is 1. The van der Waals surface area contributed by atoms with E-state index in [1.165, 1.54) is 0 Å². The number of hydrogen-bond acceptors (Lipinski definition) is 2. The van der Waals surface area contributed by atoms with Gasteiger partial charge in [-0.25, -0.2) is 0 Å². The lowest BCUT2D eigenvalue weighted by Gasteiger charge is -2.21. The van der Waals surface area contributed by atoms with Gasteiger partial charge in [0.05, 0.1) is 5.56 Å². The number of benzene rings is 1. The zero-order valence-electron chi connectivity index (χ0n) is 11.6. The van der Waals surface area contributed by atoms with Crippen LogP contribution in [0.5, 0.6) is 0 Å². The molecule has 0 unspecified atom stereocenters. The van der Waals surface area contributed by atoms with Crippen LogP contribution in [0.2, 0.25) is 5.02 Å². The number of rotatable bonds is 4. The topological polar surface area (TPSA) is 33.2 Å². The van der Waals surface area contributed by atoms with Crippen molar-refractivity contribution in [3.05, 3.63) is 64.4 Å². The molecule has 0 saturated heterocycles. The first-order valence-electron chi connectivity index (χ1n) is 6.56. The number of aryl methyl sites for hydroxylation is 1. The number of hydrogen-bond donors (Lipinski definition) is 0. The summed E-state index contributed by atoms with van der Waals surface area (Å²) in [6, 6.07) is 11.2. The molecule has 20 heavy (non-hydrogen) atoms. The van der Waals surface area contributed by atoms with Gasteiger partial charge in [0, 0.05) is 30.0 Å². The van der Waals surface area contributed by atoms with E-state index in [0.29, 0.717) is 23.7 Å². The van der Waals surface area contributed by atoms with Crippen molar-refractivity contribution in [2.75, 3.05) is 6.54 Å². The smallest absolute Gasteiger partial charge is 0.255 e. The third-order valence-corrected chi connectivity index (χ3v) is 3.32. The molecule has 4 heteroatoms. The molecule has 1 aromatic heterocycles. The van der Waals surface area contributed by atoms with E-state index >= 15 is 0 Å². The van der Waals surface area contributed by atoms with Crippen molar-refractivity contribution in [3.63, 3.8) is 0 Å². The van der Waals surface area contributed by atoms with Gasteiger partial charge in [0.1, 0.15) is 0 Å². The predicted octanol–water partition coefficient (Wildman–Crippen LogP) is 3.71. The van der Waals surface area contributed by atoms with Crippen LogP contribution in [0.3, 0.4) is 0 Å². The van der Waals surface area contributed by atoms with Crippen LogP contribution in [-0.2, 0) is 6.54 Å². The molecule has 2 rings (SSSR count). The maximum absolute atomic E-state index is 12.4. The van der Waals surface area contributed by atoms with Crippen molar-refractivity contribution >= 4 is 17.5 Å². The van der Waals surface area contributed by atoms with Gasteiger partial charge in [-0.15, -0.1) is 0 Å². The molecule has 104 valence electrons. The van der Waals surface area contributed by atoms with Crippen LogP contribution in [0.15, 0.2) is 42.6 Å². The van der Waals surface area contributed by atoms with Crippen LogP contribution < -0.4 is 0 Å². The lowest BCUT2D eigenvalue weighted by molar-refractivity contribution is 0.0752. The molecule has 1 aromatic carbocycles. The quantitative estimate of drug-likeness (QED) is 0.859. The molecule has 3 nitrogen and oxygen atoms in total. The number of nitrogens with zero attached hydrogens (tertiary/aromatic N) is 2. The molecule has 0 aliphatic heterocycles. The van der Waals surface area contributed by atoms with Gasteiger partial charge in [-0.1, -0.05) is 23.7 Å². The Kier molecular flexibility index (Phi) is 4.74. The molecule has 0 saturated carbocycles. The first-order chi connectivity index (χ1) is 9.60. The summed E-state index contributed by atoms with van der Waals surface area (Å²) in [5.41, 5.74) is 2.53. The Morgan fingerprint density at radius 3 is 2.70 bits per heavy atom. The fraction of sp³-hybridized carbons (Fsp3) is 0.250. The van der Waals surface area contributed by atoms with Gasteiger partial charge in [0.15, 0.2) is 0 Å². The second-order valence-corrected chi connectivity index (χ2v) is 5.07. The number of amides is 1. The molecule has 0 radical (unpaired) electrons. The summed E-state index contributed by atoms with van der Waals surface area (Å²) in [6.45, 7) is 5.05. The molecule has 0 bridgehead atoms. The summed E-state index contributed by atoms with van der Waals surface area (Å²) in [4.78, 5) is 18.4. The van der Waals surface area contributed by atoms with Gasteiger partial charge >= 0.3 is 0 Å². The maximum atomic E-state index is 12.4. The highest BCUT2D eigenvalue weighted by Gasteiger charge is 2.14. The van der Waals surface area contributed by atoms with E-state index in [9.17, 15) is 4.79 Å². The molecule has 2 aromatic rings. The Bertz CT molecular complexity index is 596. The summed E-state index contributed by atoms with van der Waals surface area (Å²) < 4.78 is 0. The van der Waals surface area contributed by atoms with Gasteiger partial charge in [-0.3, -0.25) is 9.78 Å². The Balaban J connectivity index is 2.15. The average molecular weight is 289 g/mol. The SMILES string of the molecule is CCN(Cc1cccc(Cl)c1)C(=O)c1ccc(C)nc1. The summed E-state index contributed by atoms with van der Waals surface area (Å²) >= 11 is 5.97. The molecule has 0 aliphatic rings. The van der Waals surface area contributed by atoms with Crippen LogP contribution in [0.25, 0.3) is 0 Å². The van der Waals surface area contributed by atoms with E-state index in [1.807, 2.05) is 50.2 Å². The predicted molar refractivity (Wildman–Crippen MR) is 80.8 cm³/mol. The molecular formula is C16H17ClN2O. The Labute approximate surface area is 124 Å². The number of carbonyl (C=O) groups excluding carboxylic acids is 1. The van der Waals surface area contributed by atoms with Gasteiger partial charge in [-0.2, -0.15) is 0 Å². The van der Waals surface area contributed by atoms with Gasteiger partial charge in [0.25, 0.3) is 5.91 Å². The van der Waals surface area contributed by atoms with Crippen molar-refractivity contribution < 1.29 is 4.79 Å². The van der Waals surface area contributed by atoms with E-state index in [2.05, 4.69) is 4.98 Å². The fourth-order valence-electron chi connectivity index (χ4n) is 1.96. The van der Waals surface area contributed by atoms with Gasteiger partial charge < -0.3 is 4.90 Å². The van der Waals surface area contributed by atoms with E-state index in [0.717, 1.165) is 11.3 Å². The summed E-state index contributed by atoms with van der Waals surface area (Å²) in [5.74, 6) is -0.0139. The molecule has 0 fully saturated rings. The summed E-state index contributed by atoms with van der Waals surface area (Å²) in [5, 5.41) is 0.683. The summed E-state index contributed by atoms with van der Waals surface area (Å²) in [7, 11) is 0. The molecule has 0 spiro atoms. The molecule has 0 atom stereocenters. The van der Waals surface area contributed by atoms with Crippen molar-refractivity contribution in [1.29, 1.82) is 0 Å². The number of pyridine rings is 1. The largest absolute Gasteiger partial charge is 0.335 e. The fourth-order valence-corrected chi connectivity index (χ4v) is 2.17. The Morgan fingerprint density at radius 2 is 2.10 bits per heavy atom. The second-order valence-electron chi connectivity index (χ2n) is 4.64. The Morgan fingerprint density at radius 1 is 1.30 bits per heavy atom. The lowest BCUT2D eigenvalue weighted by atomic mass is 10.2. The highest BCUT2D eigenvalue weighted by atomic mass is 35.5. The van der Waals surface area contributed by atoms with Gasteiger partial charge in [-0.05, 0) is 43.7 Å². The molecule has 0 N–H and O–H groups in total. The highest BCUT2D eigenvalue weighted by molar-refractivity contribution is 6.30. The normalized spacial score (nSPS) is 10.3. The lowest BCUT2D eigenvalue weighted by Crippen LogP contribution is -2.30. The zero-order chi connectivity index (χ0) is 14.5. The van der Waals surface area contributed by atoms with Crippen LogP contribution in [-0.4, -0.2) is 22.3 Å². The van der Waals surface area contributed by atoms with Crippen LogP contribution >= 0.6 is 11.6 Å². The minimum atomic E-state index is -0.0139. The number of halogens is 1. The van der Waals surface area contributed by atoms with Crippen LogP contribution in [0, 0.1) is 6.92 Å². The Hall–Kier alpha value is -1.87. The van der Waals surface area contributed by atoms with Crippen molar-refractivity contribution in [2.24, 2.45) is 0 Å². The van der Waals surface area contributed by atoms with E-state index in [4.69, 9.17) is 11.6 Å². The molecule has 1 heterocycles. The van der Waals surface area contributed by atoms with E-state index < -0.39 is 0 Å². The third-order valence-electron chi connectivity index (χ3n) is 3.09. The zero-order valence-corrected chi connectivity index (χ0v) is 12.4. The van der Waals surface area contributed by atoms with E-state index in [1.54, 1.807) is 11.1 Å². The van der Waals surface area contributed by atoms with Crippen molar-refractivity contribution in [1.82, 2.24) is 9.88 Å². The first-order valence-corrected chi connectivity index (χ1v) is 6.94. The van der Waals surface area contributed by atoms with E-state index in [-0.39, 0.29) is 5.91 Å². The average Bonchev–Trinajstić information content (AvgIpc) is 2.45. The molecular weight excluding hydrogens is 272 g/mol. The highest BCUT2D eigenvalue weighted by Crippen LogP contribution is 2.14. The third kappa shape index (κ3) is 3.58. The minimum Gasteiger partial charge on any atom is -0.335 e. The second kappa shape index (κ2) is 6.53. The van der Waals surface area contributed by atoms with Gasteiger partial charge in [0.2, 0.25) is 0 Å². The van der Waals surface area contributed by atoms with Crippen molar-refractivity contribution in [3.8, 4) is 0 Å². The van der Waals surface area contributed by atoms with Crippen LogP contribution in [0.4, 0.5) is 0 Å². The standard InChI is InChI=1S/C16H17ClN2O/c1-3-19(11-13-5-4-6-15(17)9-13)16(20)14-8-7-12(2)18-10-14/h4-10H,3,11H2,1-2H3. The molecule has 1 amide bonds. The van der Waals surface area contributed by atoms with Crippen molar-refractivity contribution in [2.45, 2.75) is 20.4 Å². The molecule has 0 aliphatic carbocycles. The first kappa shape index (κ1) is 14.5. The monoisotopic (exact) mass is 288 g/mol. The summed E-state index contributed by atoms with van der Waals surface area (Å²) in [6.07, 6.45) is 1.62. The minimum absolute atomic E-state index is 0.0139.